The number of unbranched alkanes of at least 4 members (excludes halogenated alkanes) is 1. The van der Waals surface area contributed by atoms with Crippen LogP contribution in [0.1, 0.15) is 42.5 Å². The summed E-state index contributed by atoms with van der Waals surface area (Å²) in [6, 6.07) is 7.65. The van der Waals surface area contributed by atoms with Crippen molar-refractivity contribution in [1.82, 2.24) is 14.2 Å². The van der Waals surface area contributed by atoms with Crippen molar-refractivity contribution in [2.45, 2.75) is 40.0 Å². The van der Waals surface area contributed by atoms with E-state index in [9.17, 15) is 4.79 Å². The van der Waals surface area contributed by atoms with Gasteiger partial charge >= 0.3 is 0 Å². The first-order chi connectivity index (χ1) is 12.4. The third-order valence-electron chi connectivity index (χ3n) is 4.76. The van der Waals surface area contributed by atoms with Crippen LogP contribution in [0.5, 0.6) is 0 Å². The molecule has 0 radical (unpaired) electrons. The first kappa shape index (κ1) is 18.6. The van der Waals surface area contributed by atoms with Gasteiger partial charge < -0.3 is 4.57 Å². The zero-order valence-corrected chi connectivity index (χ0v) is 17.2. The number of halogens is 1. The Balaban J connectivity index is 2.15. The fraction of sp³-hybridized carbons (Fsp3) is 0.350. The van der Waals surface area contributed by atoms with E-state index in [2.05, 4.69) is 45.5 Å². The van der Waals surface area contributed by atoms with Gasteiger partial charge in [0.15, 0.2) is 0 Å². The van der Waals surface area contributed by atoms with Crippen LogP contribution in [0.25, 0.3) is 10.9 Å². The minimum atomic E-state index is -0.135. The third kappa shape index (κ3) is 3.51. The van der Waals surface area contributed by atoms with Crippen LogP contribution in [-0.4, -0.2) is 20.4 Å². The summed E-state index contributed by atoms with van der Waals surface area (Å²) in [4.78, 5) is 17.7. The number of hydrogen-bond donors (Lipinski definition) is 0. The standard InChI is InChI=1S/C20H23BrN4O/c1-5-6-7-19-23-18-9-8-16(21)11-17(18)20(26)25(19)22-12-15-10-13(2)24(4)14(15)3/h8-12H,5-7H2,1-4H3. The zero-order valence-electron chi connectivity index (χ0n) is 15.6. The molecule has 0 aliphatic rings. The van der Waals surface area contributed by atoms with E-state index in [-0.39, 0.29) is 5.56 Å². The predicted molar refractivity (Wildman–Crippen MR) is 110 cm³/mol. The van der Waals surface area contributed by atoms with Crippen LogP contribution in [0.2, 0.25) is 0 Å². The lowest BCUT2D eigenvalue weighted by Crippen LogP contribution is -2.22. The van der Waals surface area contributed by atoms with E-state index in [0.717, 1.165) is 40.7 Å². The molecule has 3 aromatic rings. The Morgan fingerprint density at radius 2 is 2.04 bits per heavy atom. The molecule has 0 amide bonds. The zero-order chi connectivity index (χ0) is 18.8. The average molecular weight is 415 g/mol. The Morgan fingerprint density at radius 3 is 2.69 bits per heavy atom. The molecule has 0 saturated heterocycles. The molecule has 0 fully saturated rings. The molecule has 136 valence electrons. The fourth-order valence-electron chi connectivity index (χ4n) is 2.95. The van der Waals surface area contributed by atoms with E-state index >= 15 is 0 Å². The van der Waals surface area contributed by atoms with Crippen LogP contribution < -0.4 is 5.56 Å². The van der Waals surface area contributed by atoms with Crippen molar-refractivity contribution in [3.05, 3.63) is 61.9 Å². The smallest absolute Gasteiger partial charge is 0.282 e. The monoisotopic (exact) mass is 414 g/mol. The van der Waals surface area contributed by atoms with Crippen LogP contribution in [0.3, 0.4) is 0 Å². The molecule has 0 aliphatic heterocycles. The minimum absolute atomic E-state index is 0.135. The molecule has 0 unspecified atom stereocenters. The first-order valence-electron chi connectivity index (χ1n) is 8.80. The van der Waals surface area contributed by atoms with Crippen molar-refractivity contribution in [2.24, 2.45) is 12.1 Å². The molecular formula is C20H23BrN4O. The number of fused-ring (bicyclic) bond motifs is 1. The number of hydrogen-bond acceptors (Lipinski definition) is 3. The normalized spacial score (nSPS) is 11.7. The molecular weight excluding hydrogens is 392 g/mol. The summed E-state index contributed by atoms with van der Waals surface area (Å²) in [6.07, 6.45) is 4.48. The van der Waals surface area contributed by atoms with Gasteiger partial charge in [0.05, 0.1) is 17.1 Å². The first-order valence-corrected chi connectivity index (χ1v) is 9.60. The van der Waals surface area contributed by atoms with Crippen molar-refractivity contribution in [3.8, 4) is 0 Å². The highest BCUT2D eigenvalue weighted by atomic mass is 79.9. The Kier molecular flexibility index (Phi) is 5.41. The molecule has 2 heterocycles. The van der Waals surface area contributed by atoms with Crippen molar-refractivity contribution in [2.75, 3.05) is 0 Å². The van der Waals surface area contributed by atoms with Crippen LogP contribution >= 0.6 is 15.9 Å². The van der Waals surface area contributed by atoms with Gasteiger partial charge in [-0.1, -0.05) is 29.3 Å². The molecule has 26 heavy (non-hydrogen) atoms. The Morgan fingerprint density at radius 1 is 1.27 bits per heavy atom. The molecule has 0 spiro atoms. The van der Waals surface area contributed by atoms with Gasteiger partial charge in [0.2, 0.25) is 0 Å². The molecule has 0 atom stereocenters. The van der Waals surface area contributed by atoms with Gasteiger partial charge in [0.25, 0.3) is 5.56 Å². The lowest BCUT2D eigenvalue weighted by atomic mass is 10.2. The van der Waals surface area contributed by atoms with Gasteiger partial charge in [0.1, 0.15) is 5.82 Å². The Bertz CT molecular complexity index is 1050. The van der Waals surface area contributed by atoms with E-state index in [0.29, 0.717) is 16.7 Å². The van der Waals surface area contributed by atoms with E-state index in [1.807, 2.05) is 26.1 Å². The van der Waals surface area contributed by atoms with E-state index in [4.69, 9.17) is 4.98 Å². The topological polar surface area (TPSA) is 52.2 Å². The maximum absolute atomic E-state index is 13.0. The number of benzene rings is 1. The summed E-state index contributed by atoms with van der Waals surface area (Å²) in [5.41, 5.74) is 3.85. The van der Waals surface area contributed by atoms with Crippen molar-refractivity contribution >= 4 is 33.0 Å². The average Bonchev–Trinajstić information content (AvgIpc) is 2.87. The van der Waals surface area contributed by atoms with Crippen molar-refractivity contribution < 1.29 is 0 Å². The second-order valence-electron chi connectivity index (χ2n) is 6.54. The largest absolute Gasteiger partial charge is 0.352 e. The third-order valence-corrected chi connectivity index (χ3v) is 5.25. The number of nitrogens with zero attached hydrogens (tertiary/aromatic N) is 4. The lowest BCUT2D eigenvalue weighted by Gasteiger charge is -2.09. The summed E-state index contributed by atoms with van der Waals surface area (Å²) in [7, 11) is 2.02. The number of aromatic nitrogens is 3. The summed E-state index contributed by atoms with van der Waals surface area (Å²) < 4.78 is 4.42. The van der Waals surface area contributed by atoms with Crippen LogP contribution in [0.4, 0.5) is 0 Å². The Hall–Kier alpha value is -2.21. The predicted octanol–water partition coefficient (Wildman–Crippen LogP) is 4.34. The summed E-state index contributed by atoms with van der Waals surface area (Å²) >= 11 is 3.43. The van der Waals surface area contributed by atoms with Crippen molar-refractivity contribution in [1.29, 1.82) is 0 Å². The maximum atomic E-state index is 13.0. The molecule has 0 aliphatic carbocycles. The van der Waals surface area contributed by atoms with Gasteiger partial charge in [-0.3, -0.25) is 4.79 Å². The van der Waals surface area contributed by atoms with Crippen LogP contribution in [0, 0.1) is 13.8 Å². The minimum Gasteiger partial charge on any atom is -0.352 e. The highest BCUT2D eigenvalue weighted by molar-refractivity contribution is 9.10. The molecule has 6 heteroatoms. The summed E-state index contributed by atoms with van der Waals surface area (Å²) in [5, 5.41) is 5.08. The molecule has 0 bridgehead atoms. The maximum Gasteiger partial charge on any atom is 0.282 e. The Labute approximate surface area is 161 Å². The quantitative estimate of drug-likeness (QED) is 0.583. The summed E-state index contributed by atoms with van der Waals surface area (Å²) in [5.74, 6) is 0.702. The van der Waals surface area contributed by atoms with Gasteiger partial charge in [-0.15, -0.1) is 0 Å². The second-order valence-corrected chi connectivity index (χ2v) is 7.46. The number of aryl methyl sites for hydroxylation is 2. The van der Waals surface area contributed by atoms with Crippen LogP contribution in [-0.2, 0) is 13.5 Å². The van der Waals surface area contributed by atoms with Gasteiger partial charge in [-0.05, 0) is 44.5 Å². The van der Waals surface area contributed by atoms with Crippen molar-refractivity contribution in [3.63, 3.8) is 0 Å². The van der Waals surface area contributed by atoms with Gasteiger partial charge in [0, 0.05) is 34.9 Å². The second kappa shape index (κ2) is 7.58. The molecule has 5 nitrogen and oxygen atoms in total. The lowest BCUT2D eigenvalue weighted by molar-refractivity contribution is 0.675. The summed E-state index contributed by atoms with van der Waals surface area (Å²) in [6.45, 7) is 6.23. The molecule has 1 aromatic carbocycles. The SMILES string of the molecule is CCCCc1nc2ccc(Br)cc2c(=O)n1N=Cc1cc(C)n(C)c1C. The van der Waals surface area contributed by atoms with Gasteiger partial charge in [-0.25, -0.2) is 4.98 Å². The number of rotatable bonds is 5. The van der Waals surface area contributed by atoms with E-state index in [1.54, 1.807) is 12.3 Å². The highest BCUT2D eigenvalue weighted by Gasteiger charge is 2.11. The molecule has 3 rings (SSSR count). The van der Waals surface area contributed by atoms with Gasteiger partial charge in [-0.2, -0.15) is 9.78 Å². The van der Waals surface area contributed by atoms with E-state index < -0.39 is 0 Å². The van der Waals surface area contributed by atoms with Crippen LogP contribution in [0.15, 0.2) is 38.6 Å². The fourth-order valence-corrected chi connectivity index (χ4v) is 3.31. The highest BCUT2D eigenvalue weighted by Crippen LogP contribution is 2.17. The van der Waals surface area contributed by atoms with E-state index in [1.165, 1.54) is 4.68 Å². The molecule has 2 aromatic heterocycles. The molecule has 0 saturated carbocycles. The molecule has 0 N–H and O–H groups in total.